The highest BCUT2D eigenvalue weighted by Gasteiger charge is 2.07. The van der Waals surface area contributed by atoms with Gasteiger partial charge in [-0.25, -0.2) is 9.37 Å². The van der Waals surface area contributed by atoms with Crippen LogP contribution in [0.3, 0.4) is 0 Å². The van der Waals surface area contributed by atoms with Crippen LogP contribution in [0, 0.1) is 5.82 Å². The number of imidazole rings is 1. The van der Waals surface area contributed by atoms with Gasteiger partial charge in [-0.05, 0) is 22.0 Å². The lowest BCUT2D eigenvalue weighted by atomic mass is 10.3. The summed E-state index contributed by atoms with van der Waals surface area (Å²) < 4.78 is 13.6. The average molecular weight is 319 g/mol. The third-order valence-corrected chi connectivity index (χ3v) is 3.57. The van der Waals surface area contributed by atoms with Gasteiger partial charge in [-0.3, -0.25) is 4.79 Å². The minimum Gasteiger partial charge on any atom is -0.481 e. The van der Waals surface area contributed by atoms with E-state index in [-0.39, 0.29) is 11.6 Å². The zero-order valence-electron chi connectivity index (χ0n) is 8.54. The van der Waals surface area contributed by atoms with E-state index >= 15 is 0 Å². The third-order valence-electron chi connectivity index (χ3n) is 2.04. The summed E-state index contributed by atoms with van der Waals surface area (Å²) in [5.41, 5.74) is 1.26. The first-order valence-corrected chi connectivity index (χ1v) is 6.64. The molecule has 7 heteroatoms. The molecule has 1 heterocycles. The Balaban J connectivity index is 2.17. The van der Waals surface area contributed by atoms with Crippen LogP contribution in [0.15, 0.2) is 16.6 Å². The van der Waals surface area contributed by atoms with Gasteiger partial charge in [0.2, 0.25) is 0 Å². The molecule has 1 aromatic heterocycles. The van der Waals surface area contributed by atoms with Crippen LogP contribution in [0.1, 0.15) is 5.82 Å². The number of hydrogen-bond acceptors (Lipinski definition) is 3. The van der Waals surface area contributed by atoms with Crippen LogP contribution in [-0.4, -0.2) is 26.8 Å². The van der Waals surface area contributed by atoms with Gasteiger partial charge in [0.1, 0.15) is 11.6 Å². The van der Waals surface area contributed by atoms with E-state index < -0.39 is 5.97 Å². The van der Waals surface area contributed by atoms with Crippen LogP contribution < -0.4 is 0 Å². The predicted octanol–water partition coefficient (Wildman–Crippen LogP) is 2.78. The highest BCUT2D eigenvalue weighted by molar-refractivity contribution is 9.10. The van der Waals surface area contributed by atoms with E-state index in [1.807, 2.05) is 0 Å². The van der Waals surface area contributed by atoms with E-state index in [4.69, 9.17) is 5.11 Å². The Morgan fingerprint density at radius 1 is 1.59 bits per heavy atom. The summed E-state index contributed by atoms with van der Waals surface area (Å²) in [5.74, 6) is -0.0930. The molecular weight excluding hydrogens is 311 g/mol. The Morgan fingerprint density at radius 3 is 3.06 bits per heavy atom. The number of nitrogens with zero attached hydrogens (tertiary/aromatic N) is 1. The molecule has 0 atom stereocenters. The maximum Gasteiger partial charge on any atom is 0.313 e. The number of thioether (sulfide) groups is 1. The van der Waals surface area contributed by atoms with E-state index in [2.05, 4.69) is 25.9 Å². The number of fused-ring (bicyclic) bond motifs is 1. The van der Waals surface area contributed by atoms with E-state index in [0.29, 0.717) is 27.1 Å². The fourth-order valence-electron chi connectivity index (χ4n) is 1.36. The number of carboxylic acid groups (broad SMARTS) is 1. The SMILES string of the molecule is O=C(O)CSCc1nc2cc(Br)c(F)cc2[nH]1. The molecule has 0 radical (unpaired) electrons. The lowest BCUT2D eigenvalue weighted by molar-refractivity contribution is -0.133. The number of H-pyrrole nitrogens is 1. The van der Waals surface area contributed by atoms with Crippen molar-refractivity contribution < 1.29 is 14.3 Å². The molecule has 0 saturated heterocycles. The van der Waals surface area contributed by atoms with Gasteiger partial charge in [0.15, 0.2) is 0 Å². The monoisotopic (exact) mass is 318 g/mol. The number of aliphatic carboxylic acids is 1. The Hall–Kier alpha value is -1.08. The molecule has 0 aliphatic carbocycles. The number of aromatic amines is 1. The number of halogens is 2. The third kappa shape index (κ3) is 2.98. The van der Waals surface area contributed by atoms with Crippen molar-refractivity contribution in [1.82, 2.24) is 9.97 Å². The molecule has 0 amide bonds. The van der Waals surface area contributed by atoms with Crippen LogP contribution in [-0.2, 0) is 10.5 Å². The lowest BCUT2D eigenvalue weighted by Crippen LogP contribution is -1.98. The molecular formula is C10H8BrFN2O2S. The summed E-state index contributed by atoms with van der Waals surface area (Å²) in [6.45, 7) is 0. The number of carboxylic acids is 1. The molecule has 0 bridgehead atoms. The maximum atomic E-state index is 13.2. The first kappa shape index (κ1) is 12.4. The van der Waals surface area contributed by atoms with Gasteiger partial charge in [-0.1, -0.05) is 0 Å². The van der Waals surface area contributed by atoms with Crippen molar-refractivity contribution in [2.75, 3.05) is 5.75 Å². The topological polar surface area (TPSA) is 66.0 Å². The predicted molar refractivity (Wildman–Crippen MR) is 67.5 cm³/mol. The summed E-state index contributed by atoms with van der Waals surface area (Å²) in [6, 6.07) is 2.95. The van der Waals surface area contributed by atoms with E-state index in [9.17, 15) is 9.18 Å². The van der Waals surface area contributed by atoms with Crippen molar-refractivity contribution in [3.05, 3.63) is 28.2 Å². The summed E-state index contributed by atoms with van der Waals surface area (Å²) in [6.07, 6.45) is 0. The maximum absolute atomic E-state index is 13.2. The van der Waals surface area contributed by atoms with Crippen LogP contribution >= 0.6 is 27.7 Å². The van der Waals surface area contributed by atoms with Gasteiger partial charge >= 0.3 is 5.97 Å². The molecule has 0 aliphatic rings. The fourth-order valence-corrected chi connectivity index (χ4v) is 2.30. The molecule has 0 saturated carbocycles. The van der Waals surface area contributed by atoms with Crippen LogP contribution in [0.5, 0.6) is 0 Å². The van der Waals surface area contributed by atoms with Gasteiger partial charge in [-0.15, -0.1) is 11.8 Å². The van der Waals surface area contributed by atoms with E-state index in [1.54, 1.807) is 6.07 Å². The molecule has 0 aliphatic heterocycles. The quantitative estimate of drug-likeness (QED) is 0.909. The van der Waals surface area contributed by atoms with Gasteiger partial charge in [0.25, 0.3) is 0 Å². The minimum atomic E-state index is -0.861. The number of rotatable bonds is 4. The van der Waals surface area contributed by atoms with E-state index in [1.165, 1.54) is 17.8 Å². The molecule has 4 nitrogen and oxygen atoms in total. The number of benzene rings is 1. The molecule has 90 valence electrons. The normalized spacial score (nSPS) is 10.9. The van der Waals surface area contributed by atoms with Crippen LogP contribution in [0.2, 0.25) is 0 Å². The largest absolute Gasteiger partial charge is 0.481 e. The Kier molecular flexibility index (Phi) is 3.68. The smallest absolute Gasteiger partial charge is 0.313 e. The van der Waals surface area contributed by atoms with Gasteiger partial charge in [-0.2, -0.15) is 0 Å². The van der Waals surface area contributed by atoms with Crippen molar-refractivity contribution >= 4 is 44.7 Å². The van der Waals surface area contributed by atoms with E-state index in [0.717, 1.165) is 0 Å². The summed E-state index contributed by atoms with van der Waals surface area (Å²) in [7, 11) is 0. The Bertz CT molecular complexity index is 534. The molecule has 1 aromatic carbocycles. The van der Waals surface area contributed by atoms with Gasteiger partial charge in [0, 0.05) is 6.07 Å². The number of aromatic nitrogens is 2. The van der Waals surface area contributed by atoms with Crippen molar-refractivity contribution in [3.63, 3.8) is 0 Å². The van der Waals surface area contributed by atoms with Crippen LogP contribution in [0.25, 0.3) is 11.0 Å². The zero-order chi connectivity index (χ0) is 12.4. The minimum absolute atomic E-state index is 0.0229. The number of nitrogens with one attached hydrogen (secondary N) is 1. The second-order valence-corrected chi connectivity index (χ2v) is 5.19. The van der Waals surface area contributed by atoms with Crippen molar-refractivity contribution in [2.24, 2.45) is 0 Å². The lowest BCUT2D eigenvalue weighted by Gasteiger charge is -1.93. The summed E-state index contributed by atoms with van der Waals surface area (Å²) >= 11 is 4.32. The fraction of sp³-hybridized carbons (Fsp3) is 0.200. The highest BCUT2D eigenvalue weighted by Crippen LogP contribution is 2.22. The Morgan fingerprint density at radius 2 is 2.35 bits per heavy atom. The van der Waals surface area contributed by atoms with Crippen molar-refractivity contribution in [3.8, 4) is 0 Å². The molecule has 2 aromatic rings. The van der Waals surface area contributed by atoms with Crippen LogP contribution in [0.4, 0.5) is 4.39 Å². The molecule has 0 fully saturated rings. The first-order chi connectivity index (χ1) is 8.06. The summed E-state index contributed by atoms with van der Waals surface area (Å²) in [4.78, 5) is 17.5. The first-order valence-electron chi connectivity index (χ1n) is 4.69. The number of hydrogen-bond donors (Lipinski definition) is 2. The highest BCUT2D eigenvalue weighted by atomic mass is 79.9. The second-order valence-electron chi connectivity index (χ2n) is 3.35. The molecule has 17 heavy (non-hydrogen) atoms. The zero-order valence-corrected chi connectivity index (χ0v) is 10.9. The molecule has 0 spiro atoms. The molecule has 2 N–H and O–H groups in total. The van der Waals surface area contributed by atoms with Crippen molar-refractivity contribution in [2.45, 2.75) is 5.75 Å². The summed E-state index contributed by atoms with van der Waals surface area (Å²) in [5, 5.41) is 8.50. The number of carbonyl (C=O) groups is 1. The molecule has 2 rings (SSSR count). The average Bonchev–Trinajstić information content (AvgIpc) is 2.60. The second kappa shape index (κ2) is 5.05. The standard InChI is InChI=1S/C10H8BrFN2O2S/c11-5-1-7-8(2-6(5)12)14-9(13-7)3-17-4-10(15)16/h1-2H,3-4H2,(H,13,14)(H,15,16). The van der Waals surface area contributed by atoms with Gasteiger partial charge in [0.05, 0.1) is 27.0 Å². The van der Waals surface area contributed by atoms with Gasteiger partial charge < -0.3 is 10.1 Å². The molecule has 0 unspecified atom stereocenters. The Labute approximate surface area is 109 Å². The van der Waals surface area contributed by atoms with Crippen molar-refractivity contribution in [1.29, 1.82) is 0 Å².